The van der Waals surface area contributed by atoms with Gasteiger partial charge in [-0.2, -0.15) is 0 Å². The van der Waals surface area contributed by atoms with E-state index in [4.69, 9.17) is 9.47 Å². The van der Waals surface area contributed by atoms with Crippen molar-refractivity contribution in [1.82, 2.24) is 0 Å². The molecule has 0 spiro atoms. The maximum atomic E-state index is 6.63. The zero-order valence-corrected chi connectivity index (χ0v) is 21.2. The van der Waals surface area contributed by atoms with E-state index in [1.54, 1.807) is 0 Å². The van der Waals surface area contributed by atoms with Crippen LogP contribution in [0.4, 0.5) is 0 Å². The van der Waals surface area contributed by atoms with E-state index in [0.29, 0.717) is 4.58 Å². The van der Waals surface area contributed by atoms with Gasteiger partial charge in [-0.1, -0.05) is 65.4 Å². The van der Waals surface area contributed by atoms with Gasteiger partial charge in [-0.25, -0.2) is 0 Å². The van der Waals surface area contributed by atoms with Crippen LogP contribution in [0.15, 0.2) is 46.2 Å². The highest BCUT2D eigenvalue weighted by Gasteiger charge is 2.59. The van der Waals surface area contributed by atoms with E-state index in [1.807, 2.05) is 35.3 Å². The molecule has 2 nitrogen and oxygen atoms in total. The molecular formula is C25H30O2S3. The molecule has 0 N–H and O–H groups in total. The first-order valence-corrected chi connectivity index (χ1v) is 13.2. The van der Waals surface area contributed by atoms with Crippen molar-refractivity contribution >= 4 is 35.3 Å². The minimum atomic E-state index is -0.280. The summed E-state index contributed by atoms with van der Waals surface area (Å²) in [6.45, 7) is 15.8. The first-order chi connectivity index (χ1) is 13.9. The van der Waals surface area contributed by atoms with Crippen molar-refractivity contribution in [2.24, 2.45) is 0 Å². The minimum Gasteiger partial charge on any atom is -0.486 e. The lowest BCUT2D eigenvalue weighted by atomic mass is 9.87. The normalized spacial score (nSPS) is 29.8. The van der Waals surface area contributed by atoms with E-state index in [9.17, 15) is 0 Å². The number of hydrogen-bond donors (Lipinski definition) is 0. The summed E-state index contributed by atoms with van der Waals surface area (Å²) in [6.07, 6.45) is 0.134. The summed E-state index contributed by atoms with van der Waals surface area (Å²) < 4.78 is 13.6. The van der Waals surface area contributed by atoms with Crippen LogP contribution in [0.3, 0.4) is 0 Å². The molecule has 4 atom stereocenters. The monoisotopic (exact) mass is 458 g/mol. The predicted molar refractivity (Wildman–Crippen MR) is 131 cm³/mol. The quantitative estimate of drug-likeness (QED) is 0.406. The lowest BCUT2D eigenvalue weighted by Crippen LogP contribution is -2.45. The van der Waals surface area contributed by atoms with Crippen LogP contribution in [-0.4, -0.2) is 20.9 Å². The zero-order chi connectivity index (χ0) is 21.5. The molecule has 5 heteroatoms. The molecule has 1 saturated heterocycles. The Hall–Kier alpha value is -0.910. The van der Waals surface area contributed by atoms with Crippen LogP contribution in [0, 0.1) is 0 Å². The van der Waals surface area contributed by atoms with Crippen LogP contribution in [0.25, 0.3) is 0 Å². The first-order valence-electron chi connectivity index (χ1n) is 10.6. The Morgan fingerprint density at radius 1 is 0.800 bits per heavy atom. The van der Waals surface area contributed by atoms with Gasteiger partial charge in [0, 0.05) is 0 Å². The standard InChI is InChI=1S/C25H30O2S3/c1-23(2,3)14-8-10-16-18(12-14)29-22-20(26-16)21-25(7,30-22)27-17-11-9-15(24(4,5)6)13-19(17)28-21/h8-13,20-22H,1-7H3/t20-,21+,22+,25-/m1/s1. The van der Waals surface area contributed by atoms with Crippen LogP contribution in [0.2, 0.25) is 0 Å². The van der Waals surface area contributed by atoms with Crippen LogP contribution < -0.4 is 9.47 Å². The Morgan fingerprint density at radius 3 is 1.97 bits per heavy atom. The van der Waals surface area contributed by atoms with E-state index >= 15 is 0 Å². The molecule has 3 aliphatic heterocycles. The average Bonchev–Trinajstić information content (AvgIpc) is 2.92. The molecule has 2 aromatic rings. The number of hydrogen-bond acceptors (Lipinski definition) is 5. The fourth-order valence-corrected chi connectivity index (χ4v) is 9.34. The molecule has 0 amide bonds. The molecule has 3 heterocycles. The largest absolute Gasteiger partial charge is 0.486 e. The van der Waals surface area contributed by atoms with Crippen molar-refractivity contribution in [3.63, 3.8) is 0 Å². The van der Waals surface area contributed by atoms with Gasteiger partial charge in [-0.15, -0.1) is 23.5 Å². The summed E-state index contributed by atoms with van der Waals surface area (Å²) in [7, 11) is 0. The van der Waals surface area contributed by atoms with Crippen molar-refractivity contribution in [3.8, 4) is 11.5 Å². The molecule has 1 fully saturated rings. The van der Waals surface area contributed by atoms with Gasteiger partial charge in [-0.3, -0.25) is 0 Å². The average molecular weight is 459 g/mol. The fourth-order valence-electron chi connectivity index (χ4n) is 4.21. The summed E-state index contributed by atoms with van der Waals surface area (Å²) in [6, 6.07) is 13.4. The van der Waals surface area contributed by atoms with Crippen LogP contribution >= 0.6 is 35.3 Å². The molecule has 0 saturated carbocycles. The molecule has 5 rings (SSSR count). The lowest BCUT2D eigenvalue weighted by molar-refractivity contribution is 0.121. The third-order valence-corrected chi connectivity index (χ3v) is 10.8. The Morgan fingerprint density at radius 2 is 1.37 bits per heavy atom. The smallest absolute Gasteiger partial charge is 0.168 e. The molecule has 0 unspecified atom stereocenters. The Bertz CT molecular complexity index is 1000. The number of benzene rings is 2. The highest BCUT2D eigenvalue weighted by atomic mass is 32.2. The fraction of sp³-hybridized carbons (Fsp3) is 0.520. The number of ether oxygens (including phenoxy) is 2. The van der Waals surface area contributed by atoms with Crippen LogP contribution in [-0.2, 0) is 10.8 Å². The van der Waals surface area contributed by atoms with E-state index in [-0.39, 0.29) is 27.1 Å². The molecule has 0 bridgehead atoms. The Labute approximate surface area is 193 Å². The molecule has 2 aromatic carbocycles. The summed E-state index contributed by atoms with van der Waals surface area (Å²) in [4.78, 5) is 2.22. The van der Waals surface area contributed by atoms with Gasteiger partial charge in [0.25, 0.3) is 0 Å². The van der Waals surface area contributed by atoms with Gasteiger partial charge in [0.1, 0.15) is 17.6 Å². The molecular weight excluding hydrogens is 428 g/mol. The first kappa shape index (κ1) is 21.0. The van der Waals surface area contributed by atoms with E-state index in [2.05, 4.69) is 84.9 Å². The second kappa shape index (κ2) is 6.79. The predicted octanol–water partition coefficient (Wildman–Crippen LogP) is 7.48. The van der Waals surface area contributed by atoms with E-state index < -0.39 is 0 Å². The highest BCUT2D eigenvalue weighted by molar-refractivity contribution is 8.18. The molecule has 0 aliphatic carbocycles. The maximum absolute atomic E-state index is 6.63. The topological polar surface area (TPSA) is 18.5 Å². The lowest BCUT2D eigenvalue weighted by Gasteiger charge is -2.38. The molecule has 30 heavy (non-hydrogen) atoms. The molecule has 160 valence electrons. The minimum absolute atomic E-state index is 0.129. The second-order valence-corrected chi connectivity index (χ2v) is 14.9. The van der Waals surface area contributed by atoms with Crippen LogP contribution in [0.1, 0.15) is 59.6 Å². The molecule has 0 radical (unpaired) electrons. The Kier molecular flexibility index (Phi) is 4.75. The SMILES string of the molecule is CC(C)(C)c1ccc2c(c1)S[C@H]1S[C@@]3(C)Oc4ccc(C(C)(C)C)cc4S[C@H]3[C@H]1O2. The van der Waals surface area contributed by atoms with Gasteiger partial charge in [-0.05, 0) is 53.1 Å². The van der Waals surface area contributed by atoms with Crippen molar-refractivity contribution in [2.45, 2.75) is 90.0 Å². The summed E-state index contributed by atoms with van der Waals surface area (Å²) in [5.74, 6) is 2.03. The van der Waals surface area contributed by atoms with Crippen molar-refractivity contribution in [1.29, 1.82) is 0 Å². The summed E-state index contributed by atoms with van der Waals surface area (Å²) in [5.41, 5.74) is 2.97. The van der Waals surface area contributed by atoms with Gasteiger partial charge in [0.05, 0.1) is 19.6 Å². The molecule has 0 aromatic heterocycles. The van der Waals surface area contributed by atoms with Crippen molar-refractivity contribution < 1.29 is 9.47 Å². The van der Waals surface area contributed by atoms with Gasteiger partial charge in [0.15, 0.2) is 4.93 Å². The summed E-state index contributed by atoms with van der Waals surface area (Å²) >= 11 is 5.82. The van der Waals surface area contributed by atoms with Crippen LogP contribution in [0.5, 0.6) is 11.5 Å². The summed E-state index contributed by atoms with van der Waals surface area (Å²) in [5, 5.41) is 0.262. The zero-order valence-electron chi connectivity index (χ0n) is 18.7. The highest BCUT2D eigenvalue weighted by Crippen LogP contribution is 2.62. The van der Waals surface area contributed by atoms with Gasteiger partial charge >= 0.3 is 0 Å². The third kappa shape index (κ3) is 3.45. The number of rotatable bonds is 0. The second-order valence-electron chi connectivity index (χ2n) is 10.7. The Balaban J connectivity index is 1.46. The number of fused-ring (bicyclic) bond motifs is 5. The van der Waals surface area contributed by atoms with Crippen molar-refractivity contribution in [2.75, 3.05) is 0 Å². The van der Waals surface area contributed by atoms with Gasteiger partial charge < -0.3 is 9.47 Å². The third-order valence-electron chi connectivity index (χ3n) is 6.13. The van der Waals surface area contributed by atoms with E-state index in [1.165, 1.54) is 20.9 Å². The molecule has 3 aliphatic rings. The van der Waals surface area contributed by atoms with Crippen molar-refractivity contribution in [3.05, 3.63) is 47.5 Å². The number of thioether (sulfide) groups is 3. The van der Waals surface area contributed by atoms with E-state index in [0.717, 1.165) is 11.5 Å². The maximum Gasteiger partial charge on any atom is 0.168 e. The van der Waals surface area contributed by atoms with Gasteiger partial charge in [0.2, 0.25) is 0 Å².